The lowest BCUT2D eigenvalue weighted by atomic mass is 9.81. The summed E-state index contributed by atoms with van der Waals surface area (Å²) in [5.41, 5.74) is 6.13. The fourth-order valence-corrected chi connectivity index (χ4v) is 3.24. The van der Waals surface area contributed by atoms with Gasteiger partial charge in [-0.3, -0.25) is 5.10 Å². The average Bonchev–Trinajstić information content (AvgIpc) is 3.12. The monoisotopic (exact) mass is 291 g/mol. The lowest BCUT2D eigenvalue weighted by Gasteiger charge is -2.38. The van der Waals surface area contributed by atoms with Gasteiger partial charge in [-0.1, -0.05) is 13.0 Å². The molecule has 0 unspecified atom stereocenters. The highest BCUT2D eigenvalue weighted by Crippen LogP contribution is 2.30. The highest BCUT2D eigenvalue weighted by molar-refractivity contribution is 7.09. The van der Waals surface area contributed by atoms with E-state index in [0.717, 1.165) is 50.7 Å². The van der Waals surface area contributed by atoms with Crippen molar-refractivity contribution in [2.45, 2.75) is 26.2 Å². The smallest absolute Gasteiger partial charge is 0.244 e. The number of thiophene rings is 1. The molecular formula is C14H21N5S. The van der Waals surface area contributed by atoms with Crippen LogP contribution in [0.1, 0.15) is 30.5 Å². The first-order valence-corrected chi connectivity index (χ1v) is 7.95. The van der Waals surface area contributed by atoms with Crippen LogP contribution in [0.3, 0.4) is 0 Å². The van der Waals surface area contributed by atoms with Gasteiger partial charge in [0.15, 0.2) is 0 Å². The molecule has 1 fully saturated rings. The zero-order chi connectivity index (χ0) is 14.0. The van der Waals surface area contributed by atoms with E-state index in [0.29, 0.717) is 0 Å². The van der Waals surface area contributed by atoms with Gasteiger partial charge in [0.25, 0.3) is 0 Å². The Balaban J connectivity index is 1.63. The molecule has 6 heteroatoms. The summed E-state index contributed by atoms with van der Waals surface area (Å²) in [4.78, 5) is 8.18. The molecule has 0 bridgehead atoms. The van der Waals surface area contributed by atoms with Crippen molar-refractivity contribution in [2.75, 3.05) is 24.5 Å². The van der Waals surface area contributed by atoms with Gasteiger partial charge in [0.05, 0.1) is 0 Å². The molecule has 0 radical (unpaired) electrons. The standard InChI is InChI=1S/C14H21N5S/c1-14(10-15)4-6-19(7-5-14)13-16-12(17-18-13)9-11-3-2-8-20-11/h2-3,8H,4-7,9-10,15H2,1H3,(H,16,17,18). The Morgan fingerprint density at radius 3 is 2.90 bits per heavy atom. The first kappa shape index (κ1) is 13.6. The minimum absolute atomic E-state index is 0.284. The summed E-state index contributed by atoms with van der Waals surface area (Å²) in [6.45, 7) is 5.01. The third-order valence-electron chi connectivity index (χ3n) is 4.19. The van der Waals surface area contributed by atoms with Gasteiger partial charge in [0.1, 0.15) is 5.82 Å². The molecule has 0 aliphatic carbocycles. The highest BCUT2D eigenvalue weighted by atomic mass is 32.1. The summed E-state index contributed by atoms with van der Waals surface area (Å²) in [5, 5.41) is 9.50. The molecule has 0 saturated carbocycles. The predicted molar refractivity (Wildman–Crippen MR) is 82.1 cm³/mol. The molecule has 1 aliphatic rings. The Kier molecular flexibility index (Phi) is 3.76. The molecule has 0 aromatic carbocycles. The fraction of sp³-hybridized carbons (Fsp3) is 0.571. The Morgan fingerprint density at radius 2 is 2.25 bits per heavy atom. The number of hydrogen-bond donors (Lipinski definition) is 2. The fourth-order valence-electron chi connectivity index (χ4n) is 2.53. The number of aromatic nitrogens is 3. The summed E-state index contributed by atoms with van der Waals surface area (Å²) in [7, 11) is 0. The maximum absolute atomic E-state index is 5.85. The molecule has 2 aromatic rings. The SMILES string of the molecule is CC1(CN)CCN(c2n[nH]c(Cc3cccs3)n2)CC1. The summed E-state index contributed by atoms with van der Waals surface area (Å²) in [6, 6.07) is 4.19. The van der Waals surface area contributed by atoms with E-state index in [4.69, 9.17) is 5.73 Å². The van der Waals surface area contributed by atoms with Gasteiger partial charge in [-0.15, -0.1) is 16.4 Å². The molecule has 0 spiro atoms. The van der Waals surface area contributed by atoms with Gasteiger partial charge >= 0.3 is 0 Å². The van der Waals surface area contributed by atoms with Crippen LogP contribution >= 0.6 is 11.3 Å². The second kappa shape index (κ2) is 5.54. The second-order valence-corrected chi connectivity index (χ2v) is 6.87. The molecule has 0 amide bonds. The van der Waals surface area contributed by atoms with Crippen molar-refractivity contribution >= 4 is 17.3 Å². The number of piperidine rings is 1. The zero-order valence-electron chi connectivity index (χ0n) is 11.8. The number of nitrogens with one attached hydrogen (secondary N) is 1. The quantitative estimate of drug-likeness (QED) is 0.904. The van der Waals surface area contributed by atoms with Gasteiger partial charge in [-0.25, -0.2) is 0 Å². The molecule has 3 heterocycles. The lowest BCUT2D eigenvalue weighted by Crippen LogP contribution is -2.42. The van der Waals surface area contributed by atoms with Crippen molar-refractivity contribution in [3.8, 4) is 0 Å². The van der Waals surface area contributed by atoms with E-state index in [1.54, 1.807) is 11.3 Å². The molecular weight excluding hydrogens is 270 g/mol. The van der Waals surface area contributed by atoms with Crippen LogP contribution in [-0.2, 0) is 6.42 Å². The molecule has 0 atom stereocenters. The van der Waals surface area contributed by atoms with Crippen LogP contribution in [0.2, 0.25) is 0 Å². The van der Waals surface area contributed by atoms with Crippen LogP contribution in [0.15, 0.2) is 17.5 Å². The molecule has 2 aromatic heterocycles. The first-order chi connectivity index (χ1) is 9.68. The molecule has 3 rings (SSSR count). The van der Waals surface area contributed by atoms with Crippen molar-refractivity contribution in [1.82, 2.24) is 15.2 Å². The number of H-pyrrole nitrogens is 1. The first-order valence-electron chi connectivity index (χ1n) is 7.07. The van der Waals surface area contributed by atoms with E-state index in [1.807, 2.05) is 0 Å². The number of hydrogen-bond acceptors (Lipinski definition) is 5. The zero-order valence-corrected chi connectivity index (χ0v) is 12.6. The van der Waals surface area contributed by atoms with Crippen LogP contribution in [-0.4, -0.2) is 34.8 Å². The van der Waals surface area contributed by atoms with Crippen molar-refractivity contribution in [1.29, 1.82) is 0 Å². The second-order valence-electron chi connectivity index (χ2n) is 5.84. The Labute approximate surface area is 123 Å². The van der Waals surface area contributed by atoms with E-state index in [9.17, 15) is 0 Å². The van der Waals surface area contributed by atoms with Crippen LogP contribution in [0.4, 0.5) is 5.95 Å². The molecule has 5 nitrogen and oxygen atoms in total. The average molecular weight is 291 g/mol. The Hall–Kier alpha value is -1.40. The summed E-state index contributed by atoms with van der Waals surface area (Å²) >= 11 is 1.75. The third kappa shape index (κ3) is 2.86. The minimum atomic E-state index is 0.284. The minimum Gasteiger partial charge on any atom is -0.340 e. The summed E-state index contributed by atoms with van der Waals surface area (Å²) in [6.07, 6.45) is 3.05. The van der Waals surface area contributed by atoms with E-state index < -0.39 is 0 Å². The van der Waals surface area contributed by atoms with Gasteiger partial charge in [0, 0.05) is 24.4 Å². The van der Waals surface area contributed by atoms with E-state index in [1.165, 1.54) is 4.88 Å². The normalized spacial score (nSPS) is 18.4. The number of anilines is 1. The van der Waals surface area contributed by atoms with Crippen LogP contribution in [0.5, 0.6) is 0 Å². The van der Waals surface area contributed by atoms with Crippen LogP contribution < -0.4 is 10.6 Å². The molecule has 1 saturated heterocycles. The van der Waals surface area contributed by atoms with E-state index in [-0.39, 0.29) is 5.41 Å². The maximum atomic E-state index is 5.85. The highest BCUT2D eigenvalue weighted by Gasteiger charge is 2.29. The number of rotatable bonds is 4. The van der Waals surface area contributed by atoms with Crippen molar-refractivity contribution in [2.24, 2.45) is 11.1 Å². The number of aromatic amines is 1. The van der Waals surface area contributed by atoms with Gasteiger partial charge in [-0.05, 0) is 36.2 Å². The lowest BCUT2D eigenvalue weighted by molar-refractivity contribution is 0.257. The van der Waals surface area contributed by atoms with Crippen LogP contribution in [0, 0.1) is 5.41 Å². The molecule has 1 aliphatic heterocycles. The Bertz CT molecular complexity index is 540. The van der Waals surface area contributed by atoms with Gasteiger partial charge in [-0.2, -0.15) is 4.98 Å². The largest absolute Gasteiger partial charge is 0.340 e. The van der Waals surface area contributed by atoms with Crippen molar-refractivity contribution in [3.63, 3.8) is 0 Å². The van der Waals surface area contributed by atoms with Crippen molar-refractivity contribution in [3.05, 3.63) is 28.2 Å². The van der Waals surface area contributed by atoms with Gasteiger partial charge in [0.2, 0.25) is 5.95 Å². The van der Waals surface area contributed by atoms with E-state index >= 15 is 0 Å². The molecule has 3 N–H and O–H groups in total. The number of nitrogens with zero attached hydrogens (tertiary/aromatic N) is 3. The summed E-state index contributed by atoms with van der Waals surface area (Å²) in [5.74, 6) is 1.77. The Morgan fingerprint density at radius 1 is 1.45 bits per heavy atom. The topological polar surface area (TPSA) is 70.8 Å². The molecule has 20 heavy (non-hydrogen) atoms. The predicted octanol–water partition coefficient (Wildman–Crippen LogP) is 2.02. The maximum Gasteiger partial charge on any atom is 0.244 e. The third-order valence-corrected chi connectivity index (χ3v) is 5.06. The molecule has 108 valence electrons. The summed E-state index contributed by atoms with van der Waals surface area (Å²) < 4.78 is 0. The number of nitrogens with two attached hydrogens (primary N) is 1. The van der Waals surface area contributed by atoms with E-state index in [2.05, 4.69) is 44.5 Å². The van der Waals surface area contributed by atoms with Crippen molar-refractivity contribution < 1.29 is 0 Å². The van der Waals surface area contributed by atoms with Crippen LogP contribution in [0.25, 0.3) is 0 Å². The van der Waals surface area contributed by atoms with Gasteiger partial charge < -0.3 is 10.6 Å².